The Morgan fingerprint density at radius 3 is 2.50 bits per heavy atom. The maximum absolute atomic E-state index is 12.5. The summed E-state index contributed by atoms with van der Waals surface area (Å²) >= 11 is 12.0. The summed E-state index contributed by atoms with van der Waals surface area (Å²) in [5.41, 5.74) is 1.35. The lowest BCUT2D eigenvalue weighted by Crippen LogP contribution is -2.39. The predicted octanol–water partition coefficient (Wildman–Crippen LogP) is 4.73. The number of hydrogen-bond acceptors (Lipinski definition) is 3. The third kappa shape index (κ3) is 4.26. The molecule has 1 saturated carbocycles. The van der Waals surface area contributed by atoms with Crippen LogP contribution in [-0.2, 0) is 17.8 Å². The number of aliphatic carboxylic acids is 1. The van der Waals surface area contributed by atoms with Gasteiger partial charge in [-0.25, -0.2) is 0 Å². The monoisotopic (exact) mass is 421 g/mol. The molecule has 1 aliphatic rings. The molecule has 3 rings (SSSR count). The van der Waals surface area contributed by atoms with Gasteiger partial charge < -0.3 is 15.2 Å². The summed E-state index contributed by atoms with van der Waals surface area (Å²) in [4.78, 5) is 24.1. The van der Waals surface area contributed by atoms with E-state index in [1.807, 2.05) is 12.1 Å². The summed E-state index contributed by atoms with van der Waals surface area (Å²) in [5.74, 6) is -0.443. The molecule has 0 spiro atoms. The van der Waals surface area contributed by atoms with Crippen LogP contribution in [-0.4, -0.2) is 24.1 Å². The Hall–Kier alpha value is -2.24. The summed E-state index contributed by atoms with van der Waals surface area (Å²) in [6, 6.07) is 10.3. The second-order valence-corrected chi connectivity index (χ2v) is 7.91. The first-order valence-corrected chi connectivity index (χ1v) is 9.73. The number of amides is 1. The van der Waals surface area contributed by atoms with E-state index in [0.29, 0.717) is 35.6 Å². The van der Waals surface area contributed by atoms with Gasteiger partial charge in [-0.05, 0) is 49.1 Å². The summed E-state index contributed by atoms with van der Waals surface area (Å²) in [6.07, 6.45) is 2.79. The molecule has 0 saturated heterocycles. The largest absolute Gasteiger partial charge is 0.496 e. The van der Waals surface area contributed by atoms with Crippen LogP contribution in [0.2, 0.25) is 10.0 Å². The Bertz CT molecular complexity index is 909. The molecule has 0 unspecified atom stereocenters. The molecular formula is C21H21Cl2NO4. The standard InChI is InChI=1S/C21H21Cl2NO4/c1-28-18-6-3-13(11-21(20(26)27)7-2-8-21)9-14(18)12-24-19(25)16-5-4-15(22)10-17(16)23/h3-6,9-10H,2,7-8,11-12H2,1H3,(H,24,25)(H,26,27). The van der Waals surface area contributed by atoms with Crippen LogP contribution in [0.5, 0.6) is 5.75 Å². The number of carboxylic acid groups (broad SMARTS) is 1. The zero-order valence-corrected chi connectivity index (χ0v) is 16.9. The van der Waals surface area contributed by atoms with Crippen molar-refractivity contribution in [2.24, 2.45) is 5.41 Å². The fraction of sp³-hybridized carbons (Fsp3) is 0.333. The van der Waals surface area contributed by atoms with Gasteiger partial charge in [-0.1, -0.05) is 41.8 Å². The first-order valence-electron chi connectivity index (χ1n) is 8.97. The number of rotatable bonds is 7. The van der Waals surface area contributed by atoms with Crippen LogP contribution in [0.3, 0.4) is 0 Å². The molecule has 0 radical (unpaired) electrons. The minimum absolute atomic E-state index is 0.231. The molecule has 0 aromatic heterocycles. The highest BCUT2D eigenvalue weighted by Crippen LogP contribution is 2.44. The number of carbonyl (C=O) groups excluding carboxylic acids is 1. The Morgan fingerprint density at radius 1 is 1.18 bits per heavy atom. The zero-order valence-electron chi connectivity index (χ0n) is 15.4. The van der Waals surface area contributed by atoms with Crippen LogP contribution in [0.15, 0.2) is 36.4 Å². The van der Waals surface area contributed by atoms with Gasteiger partial charge in [0.25, 0.3) is 5.91 Å². The summed E-state index contributed by atoms with van der Waals surface area (Å²) in [7, 11) is 1.56. The van der Waals surface area contributed by atoms with E-state index in [1.54, 1.807) is 25.3 Å². The summed E-state index contributed by atoms with van der Waals surface area (Å²) in [5, 5.41) is 13.1. The van der Waals surface area contributed by atoms with E-state index in [2.05, 4.69) is 5.32 Å². The molecule has 2 aromatic carbocycles. The first kappa shape index (κ1) is 20.5. The second kappa shape index (κ2) is 8.41. The fourth-order valence-electron chi connectivity index (χ4n) is 3.48. The van der Waals surface area contributed by atoms with Gasteiger partial charge in [0.1, 0.15) is 5.75 Å². The van der Waals surface area contributed by atoms with Gasteiger partial charge in [0, 0.05) is 17.1 Å². The lowest BCUT2D eigenvalue weighted by Gasteiger charge is -2.37. The number of hydrogen-bond donors (Lipinski definition) is 2. The van der Waals surface area contributed by atoms with Gasteiger partial charge in [0.2, 0.25) is 0 Å². The van der Waals surface area contributed by atoms with Crippen molar-refractivity contribution in [2.75, 3.05) is 7.11 Å². The predicted molar refractivity (Wildman–Crippen MR) is 108 cm³/mol. The molecule has 0 bridgehead atoms. The Balaban J connectivity index is 1.75. The Morgan fingerprint density at radius 2 is 1.93 bits per heavy atom. The minimum Gasteiger partial charge on any atom is -0.496 e. The van der Waals surface area contributed by atoms with Crippen molar-refractivity contribution in [3.8, 4) is 5.75 Å². The Labute approximate surface area is 173 Å². The molecule has 5 nitrogen and oxygen atoms in total. The van der Waals surface area contributed by atoms with Crippen LogP contribution < -0.4 is 10.1 Å². The van der Waals surface area contributed by atoms with Crippen LogP contribution in [0.1, 0.15) is 40.7 Å². The van der Waals surface area contributed by atoms with Crippen LogP contribution in [0, 0.1) is 5.41 Å². The van der Waals surface area contributed by atoms with E-state index in [4.69, 9.17) is 27.9 Å². The van der Waals surface area contributed by atoms with E-state index in [1.165, 1.54) is 6.07 Å². The second-order valence-electron chi connectivity index (χ2n) is 7.07. The van der Waals surface area contributed by atoms with Crippen LogP contribution in [0.4, 0.5) is 0 Å². The normalized spacial score (nSPS) is 14.8. The van der Waals surface area contributed by atoms with Gasteiger partial charge in [-0.3, -0.25) is 9.59 Å². The Kier molecular flexibility index (Phi) is 6.16. The van der Waals surface area contributed by atoms with Crippen molar-refractivity contribution in [3.63, 3.8) is 0 Å². The van der Waals surface area contributed by atoms with Crippen molar-refractivity contribution < 1.29 is 19.4 Å². The molecule has 1 amide bonds. The quantitative estimate of drug-likeness (QED) is 0.677. The highest BCUT2D eigenvalue weighted by atomic mass is 35.5. The van der Waals surface area contributed by atoms with Gasteiger partial charge in [-0.2, -0.15) is 0 Å². The maximum Gasteiger partial charge on any atom is 0.309 e. The van der Waals surface area contributed by atoms with E-state index in [-0.39, 0.29) is 17.5 Å². The number of carboxylic acids is 1. The van der Waals surface area contributed by atoms with Gasteiger partial charge in [0.15, 0.2) is 0 Å². The van der Waals surface area contributed by atoms with Crippen molar-refractivity contribution in [3.05, 3.63) is 63.1 Å². The van der Waals surface area contributed by atoms with Crippen LogP contribution in [0.25, 0.3) is 0 Å². The molecule has 0 atom stereocenters. The third-order valence-electron chi connectivity index (χ3n) is 5.27. The summed E-state index contributed by atoms with van der Waals surface area (Å²) < 4.78 is 5.38. The van der Waals surface area contributed by atoms with Crippen molar-refractivity contribution >= 4 is 35.1 Å². The van der Waals surface area contributed by atoms with Gasteiger partial charge in [0.05, 0.1) is 23.1 Å². The van der Waals surface area contributed by atoms with E-state index < -0.39 is 11.4 Å². The average molecular weight is 422 g/mol. The average Bonchev–Trinajstić information content (AvgIpc) is 2.62. The van der Waals surface area contributed by atoms with Crippen molar-refractivity contribution in [1.29, 1.82) is 0 Å². The minimum atomic E-state index is -0.748. The number of ether oxygens (including phenoxy) is 1. The molecule has 1 fully saturated rings. The molecule has 1 aliphatic carbocycles. The highest BCUT2D eigenvalue weighted by Gasteiger charge is 2.44. The van der Waals surface area contributed by atoms with E-state index in [0.717, 1.165) is 17.5 Å². The third-order valence-corrected chi connectivity index (χ3v) is 5.81. The smallest absolute Gasteiger partial charge is 0.309 e. The molecule has 2 N–H and O–H groups in total. The van der Waals surface area contributed by atoms with Crippen molar-refractivity contribution in [2.45, 2.75) is 32.2 Å². The first-order chi connectivity index (χ1) is 13.3. The van der Waals surface area contributed by atoms with Crippen molar-refractivity contribution in [1.82, 2.24) is 5.32 Å². The number of methoxy groups -OCH3 is 1. The van der Waals surface area contributed by atoms with Gasteiger partial charge in [-0.15, -0.1) is 0 Å². The molecule has 28 heavy (non-hydrogen) atoms. The van der Waals surface area contributed by atoms with E-state index >= 15 is 0 Å². The zero-order chi connectivity index (χ0) is 20.3. The molecule has 7 heteroatoms. The summed E-state index contributed by atoms with van der Waals surface area (Å²) in [6.45, 7) is 0.231. The molecule has 0 aliphatic heterocycles. The number of benzene rings is 2. The van der Waals surface area contributed by atoms with E-state index in [9.17, 15) is 14.7 Å². The van der Waals surface area contributed by atoms with Gasteiger partial charge >= 0.3 is 5.97 Å². The van der Waals surface area contributed by atoms with Crippen LogP contribution >= 0.6 is 23.2 Å². The number of halogens is 2. The fourth-order valence-corrected chi connectivity index (χ4v) is 3.98. The lowest BCUT2D eigenvalue weighted by atomic mass is 9.65. The maximum atomic E-state index is 12.5. The number of nitrogens with one attached hydrogen (secondary N) is 1. The topological polar surface area (TPSA) is 75.6 Å². The SMILES string of the molecule is COc1ccc(CC2(C(=O)O)CCC2)cc1CNC(=O)c1ccc(Cl)cc1Cl. The molecule has 148 valence electrons. The molecular weight excluding hydrogens is 401 g/mol. The molecule has 0 heterocycles. The molecule has 2 aromatic rings. The number of carbonyl (C=O) groups is 2. The lowest BCUT2D eigenvalue weighted by molar-refractivity contribution is -0.154. The highest BCUT2D eigenvalue weighted by molar-refractivity contribution is 6.36.